The lowest BCUT2D eigenvalue weighted by atomic mass is 9.52. The topological polar surface area (TPSA) is 52.6 Å². The molecule has 106 valence electrons. The Morgan fingerprint density at radius 1 is 0.842 bits per heavy atom. The van der Waals surface area contributed by atoms with E-state index >= 15 is 0 Å². The molecular weight excluding hydrogens is 244 g/mol. The molecule has 4 nitrogen and oxygen atoms in total. The summed E-state index contributed by atoms with van der Waals surface area (Å²) in [6, 6.07) is 0. The van der Waals surface area contributed by atoms with Gasteiger partial charge in [-0.15, -0.1) is 0 Å². The Morgan fingerprint density at radius 3 is 1.42 bits per heavy atom. The van der Waals surface area contributed by atoms with Crippen molar-refractivity contribution in [3.8, 4) is 0 Å². The summed E-state index contributed by atoms with van der Waals surface area (Å²) in [4.78, 5) is 24.9. The molecular formula is C15H22O4. The van der Waals surface area contributed by atoms with Crippen molar-refractivity contribution in [3.63, 3.8) is 0 Å². The maximum absolute atomic E-state index is 12.4. The van der Waals surface area contributed by atoms with E-state index in [4.69, 9.17) is 9.47 Å². The molecule has 0 amide bonds. The summed E-state index contributed by atoms with van der Waals surface area (Å²) in [5.74, 6) is -0.702. The fourth-order valence-corrected chi connectivity index (χ4v) is 4.36. The van der Waals surface area contributed by atoms with Gasteiger partial charge in [-0.1, -0.05) is 26.0 Å². The van der Waals surface area contributed by atoms with Crippen LogP contribution in [0.2, 0.25) is 0 Å². The van der Waals surface area contributed by atoms with E-state index in [1.807, 2.05) is 27.7 Å². The molecule has 0 spiro atoms. The van der Waals surface area contributed by atoms with E-state index in [-0.39, 0.29) is 11.9 Å². The Bertz CT molecular complexity index is 441. The number of carbonyl (C=O) groups excluding carboxylic acids is 2. The molecule has 2 unspecified atom stereocenters. The van der Waals surface area contributed by atoms with Gasteiger partial charge >= 0.3 is 11.9 Å². The van der Waals surface area contributed by atoms with Crippen molar-refractivity contribution in [1.82, 2.24) is 0 Å². The third-order valence-electron chi connectivity index (χ3n) is 6.03. The van der Waals surface area contributed by atoms with Crippen LogP contribution in [0.4, 0.5) is 0 Å². The van der Waals surface area contributed by atoms with Crippen LogP contribution in [0.25, 0.3) is 0 Å². The monoisotopic (exact) mass is 266 g/mol. The first kappa shape index (κ1) is 14.1. The van der Waals surface area contributed by atoms with Gasteiger partial charge in [0.05, 0.1) is 25.0 Å². The van der Waals surface area contributed by atoms with Gasteiger partial charge < -0.3 is 9.47 Å². The second-order valence-corrected chi connectivity index (χ2v) is 6.58. The highest BCUT2D eigenvalue weighted by Crippen LogP contribution is 2.75. The Kier molecular flexibility index (Phi) is 2.68. The molecule has 2 aliphatic carbocycles. The lowest BCUT2D eigenvalue weighted by Crippen LogP contribution is -2.57. The van der Waals surface area contributed by atoms with Crippen LogP contribution in [0, 0.1) is 21.7 Å². The Morgan fingerprint density at radius 2 is 1.16 bits per heavy atom. The normalized spacial score (nSPS) is 47.3. The molecule has 2 bridgehead atoms. The predicted octanol–water partition coefficient (Wildman–Crippen LogP) is 2.33. The molecule has 4 atom stereocenters. The van der Waals surface area contributed by atoms with E-state index < -0.39 is 21.7 Å². The van der Waals surface area contributed by atoms with E-state index in [0.29, 0.717) is 0 Å². The molecule has 0 N–H and O–H groups in total. The maximum Gasteiger partial charge on any atom is 0.313 e. The van der Waals surface area contributed by atoms with E-state index in [9.17, 15) is 9.59 Å². The minimum Gasteiger partial charge on any atom is -0.469 e. The average molecular weight is 266 g/mol. The minimum atomic E-state index is -0.925. The van der Waals surface area contributed by atoms with Crippen LogP contribution in [0.15, 0.2) is 12.2 Å². The second-order valence-electron chi connectivity index (χ2n) is 6.58. The molecule has 0 radical (unpaired) electrons. The number of carbonyl (C=O) groups is 2. The summed E-state index contributed by atoms with van der Waals surface area (Å²) in [7, 11) is 2.74. The van der Waals surface area contributed by atoms with E-state index in [1.165, 1.54) is 14.2 Å². The maximum atomic E-state index is 12.4. The molecule has 0 saturated heterocycles. The average Bonchev–Trinajstić information content (AvgIpc) is 2.78. The van der Waals surface area contributed by atoms with Crippen molar-refractivity contribution in [1.29, 1.82) is 0 Å². The molecule has 1 saturated carbocycles. The number of hydrogen-bond acceptors (Lipinski definition) is 4. The summed E-state index contributed by atoms with van der Waals surface area (Å²) in [5, 5.41) is 0. The second kappa shape index (κ2) is 3.62. The number of fused-ring (bicyclic) bond motifs is 2. The van der Waals surface area contributed by atoms with Crippen LogP contribution in [-0.4, -0.2) is 26.2 Å². The van der Waals surface area contributed by atoms with Gasteiger partial charge in [0, 0.05) is 10.8 Å². The van der Waals surface area contributed by atoms with Crippen LogP contribution in [-0.2, 0) is 19.1 Å². The SMILES string of the molecule is COC(=O)C1(C)C(C)(C(=O)OC)[C@]2(C)C=C[C@]1(C)C2. The summed E-state index contributed by atoms with van der Waals surface area (Å²) in [5.41, 5.74) is -2.63. The summed E-state index contributed by atoms with van der Waals surface area (Å²) in [6.07, 6.45) is 4.85. The first-order valence-corrected chi connectivity index (χ1v) is 6.50. The van der Waals surface area contributed by atoms with Gasteiger partial charge in [-0.3, -0.25) is 9.59 Å². The zero-order chi connectivity index (χ0) is 14.7. The van der Waals surface area contributed by atoms with E-state index in [0.717, 1.165) is 6.42 Å². The molecule has 4 heteroatoms. The Hall–Kier alpha value is -1.32. The zero-order valence-electron chi connectivity index (χ0n) is 12.5. The molecule has 0 aromatic heterocycles. The van der Waals surface area contributed by atoms with Gasteiger partial charge in [0.1, 0.15) is 0 Å². The Balaban J connectivity index is 2.72. The van der Waals surface area contributed by atoms with Gasteiger partial charge in [0.25, 0.3) is 0 Å². The third-order valence-corrected chi connectivity index (χ3v) is 6.03. The Labute approximate surface area is 114 Å². The highest BCUT2D eigenvalue weighted by atomic mass is 16.5. The molecule has 0 aliphatic heterocycles. The lowest BCUT2D eigenvalue weighted by molar-refractivity contribution is -0.184. The predicted molar refractivity (Wildman–Crippen MR) is 70.2 cm³/mol. The molecule has 1 fully saturated rings. The number of allylic oxidation sites excluding steroid dienone is 2. The number of esters is 2. The molecule has 19 heavy (non-hydrogen) atoms. The number of ether oxygens (including phenoxy) is 2. The standard InChI is InChI=1S/C15H22O4/c1-12-7-8-13(2,9-12)15(4,11(17)19-6)14(12,3)10(16)18-5/h7-8H,9H2,1-6H3/t12-,13-,14?,15?/m1/s1. The van der Waals surface area contributed by atoms with Crippen molar-refractivity contribution in [2.75, 3.05) is 14.2 Å². The fourth-order valence-electron chi connectivity index (χ4n) is 4.36. The summed E-state index contributed by atoms with van der Waals surface area (Å²) < 4.78 is 10.0. The van der Waals surface area contributed by atoms with E-state index in [1.54, 1.807) is 0 Å². The largest absolute Gasteiger partial charge is 0.469 e. The van der Waals surface area contributed by atoms with Crippen molar-refractivity contribution in [3.05, 3.63) is 12.2 Å². The first-order valence-electron chi connectivity index (χ1n) is 6.50. The van der Waals surface area contributed by atoms with Gasteiger partial charge in [-0.2, -0.15) is 0 Å². The van der Waals surface area contributed by atoms with Gasteiger partial charge in [0.2, 0.25) is 0 Å². The summed E-state index contributed by atoms with van der Waals surface area (Å²) >= 11 is 0. The molecule has 2 aliphatic rings. The number of methoxy groups -OCH3 is 2. The van der Waals surface area contributed by atoms with Crippen LogP contribution in [0.1, 0.15) is 34.1 Å². The fraction of sp³-hybridized carbons (Fsp3) is 0.733. The minimum absolute atomic E-state index is 0.351. The zero-order valence-corrected chi connectivity index (χ0v) is 12.5. The van der Waals surface area contributed by atoms with E-state index in [2.05, 4.69) is 12.2 Å². The smallest absolute Gasteiger partial charge is 0.313 e. The van der Waals surface area contributed by atoms with Crippen LogP contribution in [0.5, 0.6) is 0 Å². The number of hydrogen-bond donors (Lipinski definition) is 0. The van der Waals surface area contributed by atoms with Gasteiger partial charge in [-0.25, -0.2) is 0 Å². The first-order chi connectivity index (χ1) is 8.63. The van der Waals surface area contributed by atoms with Crippen LogP contribution >= 0.6 is 0 Å². The van der Waals surface area contributed by atoms with Crippen LogP contribution < -0.4 is 0 Å². The highest BCUT2D eigenvalue weighted by Gasteiger charge is 2.78. The van der Waals surface area contributed by atoms with Crippen molar-refractivity contribution < 1.29 is 19.1 Å². The third kappa shape index (κ3) is 1.20. The van der Waals surface area contributed by atoms with Crippen molar-refractivity contribution in [2.45, 2.75) is 34.1 Å². The van der Waals surface area contributed by atoms with Crippen LogP contribution in [0.3, 0.4) is 0 Å². The summed E-state index contributed by atoms with van der Waals surface area (Å²) in [6.45, 7) is 7.68. The van der Waals surface area contributed by atoms with Gasteiger partial charge in [0.15, 0.2) is 0 Å². The van der Waals surface area contributed by atoms with Crippen molar-refractivity contribution >= 4 is 11.9 Å². The number of rotatable bonds is 2. The lowest BCUT2D eigenvalue weighted by Gasteiger charge is -2.49. The molecule has 0 heterocycles. The quantitative estimate of drug-likeness (QED) is 0.568. The molecule has 2 rings (SSSR count). The molecule has 0 aromatic carbocycles. The highest BCUT2D eigenvalue weighted by molar-refractivity contribution is 5.92. The molecule has 0 aromatic rings. The van der Waals surface area contributed by atoms with Gasteiger partial charge in [-0.05, 0) is 20.3 Å². The van der Waals surface area contributed by atoms with Crippen molar-refractivity contribution in [2.24, 2.45) is 21.7 Å².